The molecule has 0 saturated carbocycles. The summed E-state index contributed by atoms with van der Waals surface area (Å²) in [6, 6.07) is 15.0. The van der Waals surface area contributed by atoms with Gasteiger partial charge in [-0.15, -0.1) is 24.0 Å². The van der Waals surface area contributed by atoms with Gasteiger partial charge < -0.3 is 10.6 Å². The fourth-order valence-electron chi connectivity index (χ4n) is 3.55. The summed E-state index contributed by atoms with van der Waals surface area (Å²) in [5.74, 6) is 1.40. The normalized spacial score (nSPS) is 20.0. The second-order valence-corrected chi connectivity index (χ2v) is 9.92. The van der Waals surface area contributed by atoms with Crippen molar-refractivity contribution in [1.29, 1.82) is 0 Å². The molecular formula is C21H30IN3O2S. The number of hydrogen-bond donors (Lipinski definition) is 2. The molecule has 2 aromatic rings. The van der Waals surface area contributed by atoms with Gasteiger partial charge >= 0.3 is 0 Å². The van der Waals surface area contributed by atoms with E-state index in [1.807, 2.05) is 6.07 Å². The standard InChI is InChI=1S/C21H29N3O2S.HI/c1-15(2)23-21(22-13-17-11-12-27(25,26)14-17)24-16(3)19-10-6-8-18-7-4-5-9-20(18)19;/h4-10,15-17H,11-14H2,1-3H3,(H2,22,23,24);1H. The number of sulfone groups is 1. The van der Waals surface area contributed by atoms with E-state index in [0.717, 1.165) is 5.96 Å². The zero-order valence-electron chi connectivity index (χ0n) is 16.7. The maximum Gasteiger partial charge on any atom is 0.191 e. The Kier molecular flexibility index (Phi) is 8.12. The molecule has 1 saturated heterocycles. The summed E-state index contributed by atoms with van der Waals surface area (Å²) in [7, 11) is -2.87. The highest BCUT2D eigenvalue weighted by Crippen LogP contribution is 2.24. The average Bonchev–Trinajstić information content (AvgIpc) is 2.97. The Hall–Kier alpha value is -1.35. The molecule has 1 aliphatic heterocycles. The molecule has 2 atom stereocenters. The largest absolute Gasteiger partial charge is 0.354 e. The third kappa shape index (κ3) is 6.07. The lowest BCUT2D eigenvalue weighted by atomic mass is 10.00. The minimum Gasteiger partial charge on any atom is -0.354 e. The van der Waals surface area contributed by atoms with Crippen molar-refractivity contribution in [3.63, 3.8) is 0 Å². The monoisotopic (exact) mass is 515 g/mol. The quantitative estimate of drug-likeness (QED) is 0.360. The SMILES string of the molecule is CC(C)NC(=NCC1CCS(=O)(=O)C1)NC(C)c1cccc2ccccc12.I. The Morgan fingerprint density at radius 1 is 1.11 bits per heavy atom. The van der Waals surface area contributed by atoms with Crippen molar-refractivity contribution < 1.29 is 8.42 Å². The van der Waals surface area contributed by atoms with Crippen LogP contribution in [0.2, 0.25) is 0 Å². The molecule has 0 bridgehead atoms. The average molecular weight is 515 g/mol. The molecule has 0 radical (unpaired) electrons. The van der Waals surface area contributed by atoms with E-state index in [0.29, 0.717) is 18.7 Å². The van der Waals surface area contributed by atoms with Crippen LogP contribution in [0.4, 0.5) is 0 Å². The topological polar surface area (TPSA) is 70.6 Å². The Labute approximate surface area is 185 Å². The van der Waals surface area contributed by atoms with Gasteiger partial charge in [0, 0.05) is 12.6 Å². The first-order chi connectivity index (χ1) is 12.8. The summed E-state index contributed by atoms with van der Waals surface area (Å²) in [4.78, 5) is 4.69. The molecule has 1 aliphatic rings. The zero-order chi connectivity index (χ0) is 19.4. The third-order valence-electron chi connectivity index (χ3n) is 4.90. The van der Waals surface area contributed by atoms with Crippen molar-refractivity contribution >= 4 is 50.5 Å². The molecule has 0 aromatic heterocycles. The van der Waals surface area contributed by atoms with Gasteiger partial charge in [0.05, 0.1) is 17.5 Å². The summed E-state index contributed by atoms with van der Waals surface area (Å²) < 4.78 is 23.3. The number of hydrogen-bond acceptors (Lipinski definition) is 3. The summed E-state index contributed by atoms with van der Waals surface area (Å²) in [5.41, 5.74) is 1.22. The Bertz CT molecular complexity index is 923. The van der Waals surface area contributed by atoms with Gasteiger partial charge in [-0.3, -0.25) is 4.99 Å². The minimum atomic E-state index is -2.87. The number of halogens is 1. The van der Waals surface area contributed by atoms with Crippen molar-refractivity contribution in [2.45, 2.75) is 39.3 Å². The van der Waals surface area contributed by atoms with E-state index < -0.39 is 9.84 Å². The van der Waals surface area contributed by atoms with Crippen LogP contribution in [-0.2, 0) is 9.84 Å². The first kappa shape index (κ1) is 22.9. The molecule has 2 N–H and O–H groups in total. The third-order valence-corrected chi connectivity index (χ3v) is 6.74. The van der Waals surface area contributed by atoms with Crippen LogP contribution in [-0.4, -0.2) is 38.5 Å². The molecule has 0 aliphatic carbocycles. The highest BCUT2D eigenvalue weighted by molar-refractivity contribution is 14.0. The number of nitrogens with one attached hydrogen (secondary N) is 2. The maximum atomic E-state index is 11.7. The van der Waals surface area contributed by atoms with Crippen LogP contribution in [0.5, 0.6) is 0 Å². The molecule has 5 nitrogen and oxygen atoms in total. The number of rotatable bonds is 5. The van der Waals surface area contributed by atoms with Gasteiger partial charge in [0.1, 0.15) is 0 Å². The smallest absolute Gasteiger partial charge is 0.191 e. The predicted molar refractivity (Wildman–Crippen MR) is 128 cm³/mol. The van der Waals surface area contributed by atoms with Gasteiger partial charge in [0.15, 0.2) is 15.8 Å². The van der Waals surface area contributed by atoms with Crippen LogP contribution in [0, 0.1) is 5.92 Å². The molecule has 7 heteroatoms. The van der Waals surface area contributed by atoms with E-state index in [1.54, 1.807) is 0 Å². The number of fused-ring (bicyclic) bond motifs is 1. The van der Waals surface area contributed by atoms with Gasteiger partial charge in [-0.25, -0.2) is 8.42 Å². The molecule has 1 fully saturated rings. The van der Waals surface area contributed by atoms with Crippen molar-refractivity contribution in [1.82, 2.24) is 10.6 Å². The van der Waals surface area contributed by atoms with Crippen molar-refractivity contribution in [3.8, 4) is 0 Å². The Morgan fingerprint density at radius 3 is 2.50 bits per heavy atom. The highest BCUT2D eigenvalue weighted by atomic mass is 127. The number of nitrogens with zero attached hydrogens (tertiary/aromatic N) is 1. The molecule has 154 valence electrons. The van der Waals surface area contributed by atoms with Crippen LogP contribution in [0.1, 0.15) is 38.8 Å². The van der Waals surface area contributed by atoms with E-state index in [9.17, 15) is 8.42 Å². The predicted octanol–water partition coefficient (Wildman–Crippen LogP) is 3.90. The van der Waals surface area contributed by atoms with Crippen molar-refractivity contribution in [3.05, 3.63) is 48.0 Å². The van der Waals surface area contributed by atoms with E-state index >= 15 is 0 Å². The van der Waals surface area contributed by atoms with E-state index in [2.05, 4.69) is 72.8 Å². The summed E-state index contributed by atoms with van der Waals surface area (Å²) in [5, 5.41) is 9.30. The molecular weight excluding hydrogens is 485 g/mol. The lowest BCUT2D eigenvalue weighted by molar-refractivity contribution is 0.584. The number of benzene rings is 2. The maximum absolute atomic E-state index is 11.7. The Balaban J connectivity index is 0.00000280. The van der Waals surface area contributed by atoms with Crippen molar-refractivity contribution in [2.75, 3.05) is 18.1 Å². The molecule has 2 aromatic carbocycles. The molecule has 28 heavy (non-hydrogen) atoms. The van der Waals surface area contributed by atoms with Crippen LogP contribution < -0.4 is 10.6 Å². The second kappa shape index (κ2) is 9.91. The second-order valence-electron chi connectivity index (χ2n) is 7.69. The van der Waals surface area contributed by atoms with Gasteiger partial charge in [-0.2, -0.15) is 0 Å². The van der Waals surface area contributed by atoms with Crippen LogP contribution in [0.15, 0.2) is 47.5 Å². The highest BCUT2D eigenvalue weighted by Gasteiger charge is 2.27. The lowest BCUT2D eigenvalue weighted by Gasteiger charge is -2.22. The van der Waals surface area contributed by atoms with Crippen LogP contribution >= 0.6 is 24.0 Å². The summed E-state index contributed by atoms with van der Waals surface area (Å²) in [6.45, 7) is 6.79. The fraction of sp³-hybridized carbons (Fsp3) is 0.476. The minimum absolute atomic E-state index is 0. The van der Waals surface area contributed by atoms with Gasteiger partial charge in [0.25, 0.3) is 0 Å². The van der Waals surface area contributed by atoms with Gasteiger partial charge in [-0.05, 0) is 49.4 Å². The Morgan fingerprint density at radius 2 is 1.82 bits per heavy atom. The van der Waals surface area contributed by atoms with Crippen molar-refractivity contribution in [2.24, 2.45) is 10.9 Å². The van der Waals surface area contributed by atoms with Gasteiger partial charge in [-0.1, -0.05) is 42.5 Å². The number of guanidine groups is 1. The lowest BCUT2D eigenvalue weighted by Crippen LogP contribution is -2.42. The fourth-order valence-corrected chi connectivity index (χ4v) is 5.40. The molecule has 1 heterocycles. The molecule has 3 rings (SSSR count). The van der Waals surface area contributed by atoms with Crippen LogP contribution in [0.25, 0.3) is 10.8 Å². The van der Waals surface area contributed by atoms with Gasteiger partial charge in [0.2, 0.25) is 0 Å². The first-order valence-electron chi connectivity index (χ1n) is 9.59. The van der Waals surface area contributed by atoms with Crippen LogP contribution in [0.3, 0.4) is 0 Å². The summed E-state index contributed by atoms with van der Waals surface area (Å²) in [6.07, 6.45) is 0.708. The first-order valence-corrected chi connectivity index (χ1v) is 11.4. The molecule has 0 spiro atoms. The number of aliphatic imine (C=N–C) groups is 1. The molecule has 2 unspecified atom stereocenters. The van der Waals surface area contributed by atoms with E-state index in [1.165, 1.54) is 16.3 Å². The van der Waals surface area contributed by atoms with E-state index in [-0.39, 0.29) is 47.7 Å². The molecule has 0 amide bonds. The zero-order valence-corrected chi connectivity index (χ0v) is 19.8. The van der Waals surface area contributed by atoms with E-state index in [4.69, 9.17) is 0 Å². The summed E-state index contributed by atoms with van der Waals surface area (Å²) >= 11 is 0.